The first-order valence-electron chi connectivity index (χ1n) is 4.40. The normalized spacial score (nSPS) is 12.1. The lowest BCUT2D eigenvalue weighted by atomic mass is 10.0. The number of carbonyl (C=O) groups is 1. The van der Waals surface area contributed by atoms with Crippen molar-refractivity contribution in [3.8, 4) is 0 Å². The largest absolute Gasteiger partial charge is 0.396 e. The Morgan fingerprint density at radius 1 is 1.64 bits per heavy atom. The Kier molecular flexibility index (Phi) is 3.48. The lowest BCUT2D eigenvalue weighted by Gasteiger charge is -2.09. The average Bonchev–Trinajstić information content (AvgIpc) is 2.16. The van der Waals surface area contributed by atoms with Gasteiger partial charge >= 0.3 is 6.03 Å². The predicted octanol–water partition coefficient (Wildman–Crippen LogP) is 1.27. The average molecular weight is 194 g/mol. The van der Waals surface area contributed by atoms with Crippen molar-refractivity contribution in [2.75, 3.05) is 11.9 Å². The zero-order chi connectivity index (χ0) is 10.6. The second-order valence-electron chi connectivity index (χ2n) is 3.20. The first-order chi connectivity index (χ1) is 6.63. The number of primary amides is 1. The SMILES string of the molecule is CC(CO)c1cccc(NC(N)=O)c1. The summed E-state index contributed by atoms with van der Waals surface area (Å²) >= 11 is 0. The maximum Gasteiger partial charge on any atom is 0.316 e. The highest BCUT2D eigenvalue weighted by Gasteiger charge is 2.04. The number of benzene rings is 1. The lowest BCUT2D eigenvalue weighted by Crippen LogP contribution is -2.19. The molecule has 0 saturated heterocycles. The first-order valence-corrected chi connectivity index (χ1v) is 4.40. The van der Waals surface area contributed by atoms with E-state index in [9.17, 15) is 4.79 Å². The van der Waals surface area contributed by atoms with Crippen molar-refractivity contribution in [2.24, 2.45) is 5.73 Å². The molecule has 1 aromatic carbocycles. The van der Waals surface area contributed by atoms with Crippen molar-refractivity contribution in [2.45, 2.75) is 12.8 Å². The minimum absolute atomic E-state index is 0.0598. The van der Waals surface area contributed by atoms with Gasteiger partial charge in [0.2, 0.25) is 0 Å². The maximum absolute atomic E-state index is 10.6. The minimum Gasteiger partial charge on any atom is -0.396 e. The van der Waals surface area contributed by atoms with Crippen LogP contribution in [0.25, 0.3) is 0 Å². The first kappa shape index (κ1) is 10.5. The topological polar surface area (TPSA) is 75.3 Å². The maximum atomic E-state index is 10.6. The molecule has 14 heavy (non-hydrogen) atoms. The van der Waals surface area contributed by atoms with Gasteiger partial charge in [-0.15, -0.1) is 0 Å². The van der Waals surface area contributed by atoms with Crippen LogP contribution < -0.4 is 11.1 Å². The van der Waals surface area contributed by atoms with Crippen LogP contribution in [0.5, 0.6) is 0 Å². The van der Waals surface area contributed by atoms with E-state index in [0.29, 0.717) is 5.69 Å². The molecule has 4 heteroatoms. The van der Waals surface area contributed by atoms with Crippen LogP contribution >= 0.6 is 0 Å². The van der Waals surface area contributed by atoms with E-state index in [2.05, 4.69) is 5.32 Å². The van der Waals surface area contributed by atoms with Crippen LogP contribution in [-0.2, 0) is 0 Å². The molecule has 4 N–H and O–H groups in total. The summed E-state index contributed by atoms with van der Waals surface area (Å²) < 4.78 is 0. The van der Waals surface area contributed by atoms with Gasteiger partial charge in [0.1, 0.15) is 0 Å². The third-order valence-electron chi connectivity index (χ3n) is 2.00. The molecule has 2 amide bonds. The zero-order valence-electron chi connectivity index (χ0n) is 8.03. The highest BCUT2D eigenvalue weighted by Crippen LogP contribution is 2.18. The van der Waals surface area contributed by atoms with Crippen molar-refractivity contribution in [1.82, 2.24) is 0 Å². The monoisotopic (exact) mass is 194 g/mol. The molecular weight excluding hydrogens is 180 g/mol. The van der Waals surface area contributed by atoms with Crippen molar-refractivity contribution in [3.05, 3.63) is 29.8 Å². The van der Waals surface area contributed by atoms with Crippen LogP contribution in [0.4, 0.5) is 10.5 Å². The van der Waals surface area contributed by atoms with E-state index in [1.54, 1.807) is 12.1 Å². The van der Waals surface area contributed by atoms with E-state index in [1.165, 1.54) is 0 Å². The molecule has 0 aromatic heterocycles. The second-order valence-corrected chi connectivity index (χ2v) is 3.20. The Bertz CT molecular complexity index is 326. The molecule has 0 radical (unpaired) electrons. The number of carbonyl (C=O) groups excluding carboxylic acids is 1. The molecule has 0 heterocycles. The van der Waals surface area contributed by atoms with Gasteiger partial charge in [0.25, 0.3) is 0 Å². The summed E-state index contributed by atoms with van der Waals surface area (Å²) in [4.78, 5) is 10.6. The standard InChI is InChI=1S/C10H14N2O2/c1-7(6-13)8-3-2-4-9(5-8)12-10(11)14/h2-5,7,13H,6H2,1H3,(H3,11,12,14). The quantitative estimate of drug-likeness (QED) is 0.677. The highest BCUT2D eigenvalue weighted by atomic mass is 16.3. The number of rotatable bonds is 3. The van der Waals surface area contributed by atoms with Crippen molar-refractivity contribution in [3.63, 3.8) is 0 Å². The minimum atomic E-state index is -0.584. The van der Waals surface area contributed by atoms with Crippen LogP contribution in [0.2, 0.25) is 0 Å². The molecule has 0 aliphatic carbocycles. The number of urea groups is 1. The van der Waals surface area contributed by atoms with Gasteiger partial charge in [-0.1, -0.05) is 19.1 Å². The van der Waals surface area contributed by atoms with Gasteiger partial charge in [-0.3, -0.25) is 0 Å². The predicted molar refractivity (Wildman–Crippen MR) is 55.1 cm³/mol. The number of amides is 2. The van der Waals surface area contributed by atoms with Crippen LogP contribution in [0, 0.1) is 0 Å². The molecule has 4 nitrogen and oxygen atoms in total. The third-order valence-corrected chi connectivity index (χ3v) is 2.00. The van der Waals surface area contributed by atoms with Gasteiger partial charge in [-0.25, -0.2) is 4.79 Å². The Morgan fingerprint density at radius 2 is 2.36 bits per heavy atom. The van der Waals surface area contributed by atoms with Gasteiger partial charge in [-0.05, 0) is 17.7 Å². The Morgan fingerprint density at radius 3 is 2.93 bits per heavy atom. The Labute approximate surface area is 82.7 Å². The van der Waals surface area contributed by atoms with Crippen LogP contribution in [-0.4, -0.2) is 17.7 Å². The summed E-state index contributed by atoms with van der Waals surface area (Å²) in [5.74, 6) is 0.0598. The van der Waals surface area contributed by atoms with Gasteiger partial charge in [0, 0.05) is 18.2 Å². The highest BCUT2D eigenvalue weighted by molar-refractivity contribution is 5.87. The number of nitrogens with two attached hydrogens (primary N) is 1. The fourth-order valence-electron chi connectivity index (χ4n) is 1.17. The Hall–Kier alpha value is -1.55. The van der Waals surface area contributed by atoms with Gasteiger partial charge < -0.3 is 16.2 Å². The Balaban J connectivity index is 2.83. The van der Waals surface area contributed by atoms with E-state index in [0.717, 1.165) is 5.56 Å². The number of aliphatic hydroxyl groups is 1. The molecule has 1 unspecified atom stereocenters. The number of aliphatic hydroxyl groups excluding tert-OH is 1. The van der Waals surface area contributed by atoms with Crippen LogP contribution in [0.15, 0.2) is 24.3 Å². The summed E-state index contributed by atoms with van der Waals surface area (Å²) in [6.45, 7) is 1.99. The number of anilines is 1. The molecule has 0 bridgehead atoms. The molecule has 76 valence electrons. The third kappa shape index (κ3) is 2.74. The van der Waals surface area contributed by atoms with Crippen molar-refractivity contribution < 1.29 is 9.90 Å². The fraction of sp³-hybridized carbons (Fsp3) is 0.300. The fourth-order valence-corrected chi connectivity index (χ4v) is 1.17. The molecule has 1 rings (SSSR count). The summed E-state index contributed by atoms with van der Waals surface area (Å²) in [5.41, 5.74) is 6.60. The van der Waals surface area contributed by atoms with Crippen LogP contribution in [0.1, 0.15) is 18.4 Å². The molecule has 1 aromatic rings. The number of nitrogens with one attached hydrogen (secondary N) is 1. The van der Waals surface area contributed by atoms with Crippen molar-refractivity contribution >= 4 is 11.7 Å². The van der Waals surface area contributed by atoms with E-state index < -0.39 is 6.03 Å². The molecule has 0 fully saturated rings. The zero-order valence-corrected chi connectivity index (χ0v) is 8.03. The van der Waals surface area contributed by atoms with Crippen LogP contribution in [0.3, 0.4) is 0 Å². The summed E-state index contributed by atoms with van der Waals surface area (Å²) in [5, 5.41) is 11.4. The van der Waals surface area contributed by atoms with Gasteiger partial charge in [-0.2, -0.15) is 0 Å². The smallest absolute Gasteiger partial charge is 0.316 e. The number of hydrogen-bond donors (Lipinski definition) is 3. The molecular formula is C10H14N2O2. The molecule has 0 aliphatic heterocycles. The second kappa shape index (κ2) is 4.62. The molecule has 1 atom stereocenters. The summed E-state index contributed by atoms with van der Waals surface area (Å²) in [6, 6.07) is 6.67. The van der Waals surface area contributed by atoms with E-state index in [1.807, 2.05) is 19.1 Å². The summed E-state index contributed by atoms with van der Waals surface area (Å²) in [6.07, 6.45) is 0. The molecule has 0 saturated carbocycles. The van der Waals surface area contributed by atoms with E-state index in [-0.39, 0.29) is 12.5 Å². The van der Waals surface area contributed by atoms with E-state index in [4.69, 9.17) is 10.8 Å². The van der Waals surface area contributed by atoms with Crippen molar-refractivity contribution in [1.29, 1.82) is 0 Å². The summed E-state index contributed by atoms with van der Waals surface area (Å²) in [7, 11) is 0. The van der Waals surface area contributed by atoms with Gasteiger partial charge in [0.15, 0.2) is 0 Å². The number of hydrogen-bond acceptors (Lipinski definition) is 2. The lowest BCUT2D eigenvalue weighted by molar-refractivity contribution is 0.259. The van der Waals surface area contributed by atoms with Gasteiger partial charge in [0.05, 0.1) is 0 Å². The molecule has 0 spiro atoms. The van der Waals surface area contributed by atoms with E-state index >= 15 is 0 Å². The molecule has 0 aliphatic rings.